The first-order valence-electron chi connectivity index (χ1n) is 17.4. The average molecular weight is 751 g/mol. The summed E-state index contributed by atoms with van der Waals surface area (Å²) in [6.07, 6.45) is 1.38. The van der Waals surface area contributed by atoms with Crippen molar-refractivity contribution in [2.75, 3.05) is 50.9 Å². The Morgan fingerprint density at radius 3 is 2.21 bits per heavy atom. The molecule has 11 nitrogen and oxygen atoms in total. The van der Waals surface area contributed by atoms with Gasteiger partial charge in [0.2, 0.25) is 5.91 Å². The number of halogens is 3. The van der Waals surface area contributed by atoms with Crippen LogP contribution in [0.3, 0.4) is 0 Å². The number of hydrogen-bond acceptors (Lipinski definition) is 8. The Balaban J connectivity index is 0.000000626. The van der Waals surface area contributed by atoms with Crippen LogP contribution in [0.2, 0.25) is 0 Å². The number of pyridine rings is 1. The number of likely N-dealkylation sites (N-methyl/N-ethyl adjacent to an activating group) is 1. The van der Waals surface area contributed by atoms with E-state index in [0.29, 0.717) is 32.1 Å². The number of nitriles is 1. The number of benzene rings is 2. The molecule has 3 aliphatic heterocycles. The molecule has 0 radical (unpaired) electrons. The van der Waals surface area contributed by atoms with Crippen LogP contribution in [0.4, 0.5) is 18.9 Å². The van der Waals surface area contributed by atoms with Crippen molar-refractivity contribution in [2.24, 2.45) is 0 Å². The van der Waals surface area contributed by atoms with Crippen LogP contribution < -0.4 is 4.90 Å². The molecule has 7 rings (SSSR count). The molecular weight excluding hydrogens is 710 g/mol. The fraction of sp³-hybridized carbons (Fsp3) is 0.421. The van der Waals surface area contributed by atoms with Gasteiger partial charge in [-0.25, -0.2) is 18.2 Å². The molecule has 0 atom stereocenters. The van der Waals surface area contributed by atoms with E-state index in [1.54, 1.807) is 4.90 Å². The van der Waals surface area contributed by atoms with E-state index in [0.717, 1.165) is 83.9 Å². The van der Waals surface area contributed by atoms with Crippen LogP contribution in [0.25, 0.3) is 33.4 Å². The highest BCUT2D eigenvalue weighted by atomic mass is 32.2. The van der Waals surface area contributed by atoms with Crippen molar-refractivity contribution in [3.63, 3.8) is 0 Å². The highest BCUT2D eigenvalue weighted by Gasteiger charge is 2.53. The molecule has 2 saturated heterocycles. The molecule has 0 unspecified atom stereocenters. The third kappa shape index (κ3) is 7.67. The number of alkyl halides is 3. The number of rotatable bonds is 7. The van der Waals surface area contributed by atoms with E-state index in [1.165, 1.54) is 11.8 Å². The number of piperidine rings is 2. The van der Waals surface area contributed by atoms with Gasteiger partial charge in [0.25, 0.3) is 0 Å². The summed E-state index contributed by atoms with van der Waals surface area (Å²) < 4.78 is 55.7. The number of carbonyl (C=O) groups is 2. The number of carboxylic acid groups (broad SMARTS) is 1. The van der Waals surface area contributed by atoms with Crippen molar-refractivity contribution >= 4 is 38.4 Å². The quantitative estimate of drug-likeness (QED) is 0.240. The number of H-pyrrole nitrogens is 1. The standard InChI is InChI=1S/C36H40N6O3S.C2HF3O2/c1-40-29-23-38-34-31(32(29)36(35(40)43)15-21-41(22-16-36)18-6-17-37)30(26-7-4-3-5-8-26)33(39-34)27-11-9-25(10-12-27)24-42-19-13-28(14-20-42)46(2,44)45;3-2(4,5)1(6)7/h3-5,7-12,23,28H,6,13-16,18-22,24H2,1-2H3,(H,38,39);(H,6,7). The van der Waals surface area contributed by atoms with Crippen molar-refractivity contribution in [1.82, 2.24) is 19.8 Å². The summed E-state index contributed by atoms with van der Waals surface area (Å²) in [7, 11) is -1.13. The van der Waals surface area contributed by atoms with E-state index in [2.05, 4.69) is 57.3 Å². The normalized spacial score (nSPS) is 18.1. The highest BCUT2D eigenvalue weighted by Crippen LogP contribution is 2.53. The fourth-order valence-electron chi connectivity index (χ4n) is 7.89. The molecule has 3 aliphatic rings. The first-order valence-corrected chi connectivity index (χ1v) is 19.4. The number of aromatic nitrogens is 2. The molecule has 53 heavy (non-hydrogen) atoms. The number of carboxylic acids is 1. The average Bonchev–Trinajstić information content (AvgIpc) is 3.61. The van der Waals surface area contributed by atoms with Gasteiger partial charge in [0.05, 0.1) is 34.3 Å². The lowest BCUT2D eigenvalue weighted by molar-refractivity contribution is -0.192. The maximum Gasteiger partial charge on any atom is 0.490 e. The lowest BCUT2D eigenvalue weighted by Crippen LogP contribution is -2.48. The number of sulfone groups is 1. The molecule has 0 bridgehead atoms. The number of nitrogens with zero attached hydrogens (tertiary/aromatic N) is 5. The number of hydrogen-bond donors (Lipinski definition) is 2. The van der Waals surface area contributed by atoms with E-state index in [4.69, 9.17) is 20.1 Å². The van der Waals surface area contributed by atoms with E-state index in [1.807, 2.05) is 31.4 Å². The summed E-state index contributed by atoms with van der Waals surface area (Å²) in [5, 5.41) is 17.0. The smallest absolute Gasteiger partial charge is 0.475 e. The van der Waals surface area contributed by atoms with Crippen LogP contribution in [0.15, 0.2) is 60.8 Å². The zero-order chi connectivity index (χ0) is 38.1. The van der Waals surface area contributed by atoms with Crippen LogP contribution in [0.1, 0.15) is 43.2 Å². The Morgan fingerprint density at radius 2 is 1.64 bits per heavy atom. The van der Waals surface area contributed by atoms with Gasteiger partial charge in [-0.3, -0.25) is 9.69 Å². The van der Waals surface area contributed by atoms with Crippen LogP contribution in [0.5, 0.6) is 0 Å². The Kier molecular flexibility index (Phi) is 10.7. The van der Waals surface area contributed by atoms with Gasteiger partial charge in [0.15, 0.2) is 0 Å². The summed E-state index contributed by atoms with van der Waals surface area (Å²) in [6, 6.07) is 21.2. The van der Waals surface area contributed by atoms with Gasteiger partial charge in [-0.05, 0) is 68.6 Å². The molecule has 15 heteroatoms. The van der Waals surface area contributed by atoms with Gasteiger partial charge < -0.3 is 19.9 Å². The third-order valence-corrected chi connectivity index (χ3v) is 12.4. The molecule has 2 N–H and O–H groups in total. The van der Waals surface area contributed by atoms with Gasteiger partial charge in [-0.15, -0.1) is 0 Å². The first kappa shape index (κ1) is 38.0. The van der Waals surface area contributed by atoms with Crippen LogP contribution in [-0.2, 0) is 31.4 Å². The summed E-state index contributed by atoms with van der Waals surface area (Å²) in [5.41, 5.74) is 7.43. The van der Waals surface area contributed by atoms with Gasteiger partial charge in [0.1, 0.15) is 15.5 Å². The number of nitrogens with one attached hydrogen (secondary N) is 1. The molecule has 2 aromatic carbocycles. The van der Waals surface area contributed by atoms with Crippen LogP contribution in [-0.4, -0.2) is 103 Å². The number of anilines is 1. The van der Waals surface area contributed by atoms with Crippen LogP contribution >= 0.6 is 0 Å². The molecule has 2 aromatic heterocycles. The van der Waals surface area contributed by atoms with Gasteiger partial charge in [0, 0.05) is 49.3 Å². The molecule has 4 aromatic rings. The zero-order valence-corrected chi connectivity index (χ0v) is 30.3. The Labute approximate surface area is 305 Å². The number of fused-ring (bicyclic) bond motifs is 4. The van der Waals surface area contributed by atoms with E-state index >= 15 is 0 Å². The predicted molar refractivity (Wildman–Crippen MR) is 195 cm³/mol. The lowest BCUT2D eigenvalue weighted by atomic mass is 9.72. The van der Waals surface area contributed by atoms with Crippen molar-refractivity contribution in [3.05, 3.63) is 71.9 Å². The summed E-state index contributed by atoms with van der Waals surface area (Å²) in [4.78, 5) is 37.9. The van der Waals surface area contributed by atoms with Gasteiger partial charge >= 0.3 is 12.1 Å². The number of aromatic amines is 1. The number of carbonyl (C=O) groups excluding carboxylic acids is 1. The monoisotopic (exact) mass is 750 g/mol. The minimum absolute atomic E-state index is 0.128. The lowest BCUT2D eigenvalue weighted by Gasteiger charge is -2.38. The van der Waals surface area contributed by atoms with E-state index < -0.39 is 27.4 Å². The largest absolute Gasteiger partial charge is 0.490 e. The minimum atomic E-state index is -5.08. The van der Waals surface area contributed by atoms with E-state index in [9.17, 15) is 26.4 Å². The Morgan fingerprint density at radius 1 is 1.02 bits per heavy atom. The summed E-state index contributed by atoms with van der Waals surface area (Å²) in [5.74, 6) is -2.63. The molecule has 0 aliphatic carbocycles. The summed E-state index contributed by atoms with van der Waals surface area (Å²) in [6.45, 7) is 4.62. The molecule has 1 spiro atoms. The fourth-order valence-corrected chi connectivity index (χ4v) is 8.96. The van der Waals surface area contributed by atoms with Crippen molar-refractivity contribution < 1.29 is 36.3 Å². The highest BCUT2D eigenvalue weighted by molar-refractivity contribution is 7.91. The van der Waals surface area contributed by atoms with Crippen molar-refractivity contribution in [1.29, 1.82) is 5.26 Å². The Bertz CT molecular complexity index is 2130. The minimum Gasteiger partial charge on any atom is -0.475 e. The maximum absolute atomic E-state index is 14.1. The van der Waals surface area contributed by atoms with Gasteiger partial charge in [-0.1, -0.05) is 54.6 Å². The van der Waals surface area contributed by atoms with Crippen LogP contribution in [0, 0.1) is 11.3 Å². The second-order valence-corrected chi connectivity index (χ2v) is 16.3. The van der Waals surface area contributed by atoms with Crippen molar-refractivity contribution in [3.8, 4) is 28.5 Å². The Hall–Kier alpha value is -4.78. The number of aliphatic carboxylic acids is 1. The molecule has 0 saturated carbocycles. The van der Waals surface area contributed by atoms with Crippen molar-refractivity contribution in [2.45, 2.75) is 55.5 Å². The second-order valence-electron chi connectivity index (χ2n) is 14.0. The molecule has 2 fully saturated rings. The molecule has 5 heterocycles. The molecular formula is C38H41F3N6O5S. The number of amides is 1. The third-order valence-electron chi connectivity index (χ3n) is 10.7. The van der Waals surface area contributed by atoms with E-state index in [-0.39, 0.29) is 11.2 Å². The predicted octanol–water partition coefficient (Wildman–Crippen LogP) is 5.76. The molecule has 280 valence electrons. The topological polar surface area (TPSA) is 151 Å². The maximum atomic E-state index is 14.1. The summed E-state index contributed by atoms with van der Waals surface area (Å²) >= 11 is 0. The number of likely N-dealkylation sites (tertiary alicyclic amines) is 2. The first-order chi connectivity index (χ1) is 25.1. The zero-order valence-electron chi connectivity index (χ0n) is 29.5. The second kappa shape index (κ2) is 14.9. The van der Waals surface area contributed by atoms with Gasteiger partial charge in [-0.2, -0.15) is 18.4 Å². The molecule has 1 amide bonds. The SMILES string of the molecule is CN1C(=O)C2(CCN(CCC#N)CC2)c2c1cnc1[nH]c(-c3ccc(CN4CCC(S(C)(=O)=O)CC4)cc3)c(-c3ccccc3)c21.O=C(O)C(F)(F)F.